The molecule has 6 nitrogen and oxygen atoms in total. The fourth-order valence-corrected chi connectivity index (χ4v) is 6.27. The van der Waals surface area contributed by atoms with E-state index >= 15 is 0 Å². The largest absolute Gasteiger partial charge is 0.399 e. The molecule has 1 aromatic heterocycles. The van der Waals surface area contributed by atoms with Crippen molar-refractivity contribution in [2.75, 3.05) is 50.0 Å². The van der Waals surface area contributed by atoms with Gasteiger partial charge in [0.05, 0.1) is 24.5 Å². The highest BCUT2D eigenvalue weighted by atomic mass is 16.5. The molecule has 180 valence electrons. The second-order valence-electron chi connectivity index (χ2n) is 10.6. The number of fused-ring (bicyclic) bond motifs is 4. The molecule has 3 aliphatic rings. The van der Waals surface area contributed by atoms with Gasteiger partial charge in [-0.2, -0.15) is 0 Å². The molecular weight excluding hydrogens is 436 g/mol. The van der Waals surface area contributed by atoms with Gasteiger partial charge in [-0.15, -0.1) is 6.42 Å². The quantitative estimate of drug-likeness (QED) is 0.441. The van der Waals surface area contributed by atoms with Crippen molar-refractivity contribution in [1.29, 1.82) is 0 Å². The number of nitrogen functional groups attached to an aromatic ring is 1. The van der Waals surface area contributed by atoms with Crippen LogP contribution in [0.4, 0.5) is 11.4 Å². The summed E-state index contributed by atoms with van der Waals surface area (Å²) in [6.45, 7) is 9.98. The molecular formula is C29H32N4O2. The average Bonchev–Trinajstić information content (AvgIpc) is 3.27. The van der Waals surface area contributed by atoms with Crippen LogP contribution in [0.3, 0.4) is 0 Å². The number of hydrogen-bond donors (Lipinski definition) is 2. The van der Waals surface area contributed by atoms with Crippen LogP contribution in [-0.4, -0.2) is 61.1 Å². The summed E-state index contributed by atoms with van der Waals surface area (Å²) in [5.74, 6) is 2.91. The Hall–Kier alpha value is -3.27. The molecule has 0 spiro atoms. The Kier molecular flexibility index (Phi) is 5.17. The third kappa shape index (κ3) is 3.45. The number of carbonyl (C=O) groups excluding carboxylic acids is 1. The molecule has 2 aromatic carbocycles. The van der Waals surface area contributed by atoms with Gasteiger partial charge < -0.3 is 20.4 Å². The number of morpholine rings is 1. The number of aromatic amines is 1. The van der Waals surface area contributed by atoms with Crippen LogP contribution in [0.15, 0.2) is 30.3 Å². The molecule has 0 radical (unpaired) electrons. The van der Waals surface area contributed by atoms with E-state index in [1.807, 2.05) is 24.3 Å². The summed E-state index contributed by atoms with van der Waals surface area (Å²) in [4.78, 5) is 22.3. The standard InChI is InChI=1S/C29H32N4O2/c1-4-18-15-22-23(17-25(18)33-9-7-20(8-10-33)32-11-13-35-14-12-32)29(2,3)28-26(27(22)34)21-6-5-19(30)16-24(21)31-28/h1,5-6,15-17,20,31H,7-14,30H2,2-3H3. The molecule has 2 aliphatic heterocycles. The number of terminal acetylenes is 1. The molecule has 6 rings (SSSR count). The number of nitrogens with zero attached hydrogens (tertiary/aromatic N) is 2. The smallest absolute Gasteiger partial charge is 0.195 e. The number of nitrogens with two attached hydrogens (primary N) is 1. The number of piperidine rings is 1. The number of carbonyl (C=O) groups is 1. The van der Waals surface area contributed by atoms with E-state index < -0.39 is 0 Å². The highest BCUT2D eigenvalue weighted by Crippen LogP contribution is 2.46. The summed E-state index contributed by atoms with van der Waals surface area (Å²) >= 11 is 0. The van der Waals surface area contributed by atoms with Crippen molar-refractivity contribution < 1.29 is 9.53 Å². The Bertz CT molecular complexity index is 1370. The van der Waals surface area contributed by atoms with Crippen molar-refractivity contribution in [2.24, 2.45) is 0 Å². The summed E-state index contributed by atoms with van der Waals surface area (Å²) in [6, 6.07) is 10.4. The first-order valence-corrected chi connectivity index (χ1v) is 12.6. The molecule has 0 bridgehead atoms. The second-order valence-corrected chi connectivity index (χ2v) is 10.6. The maximum absolute atomic E-state index is 13.8. The third-order valence-electron chi connectivity index (χ3n) is 8.25. The first kappa shape index (κ1) is 22.2. The Labute approximate surface area is 206 Å². The van der Waals surface area contributed by atoms with E-state index in [-0.39, 0.29) is 11.2 Å². The highest BCUT2D eigenvalue weighted by molar-refractivity contribution is 6.20. The van der Waals surface area contributed by atoms with Crippen molar-refractivity contribution >= 4 is 28.1 Å². The van der Waals surface area contributed by atoms with E-state index in [4.69, 9.17) is 16.9 Å². The Morgan fingerprint density at radius 3 is 2.57 bits per heavy atom. The lowest BCUT2D eigenvalue weighted by atomic mass is 9.70. The number of H-pyrrole nitrogens is 1. The maximum Gasteiger partial charge on any atom is 0.195 e. The van der Waals surface area contributed by atoms with Crippen LogP contribution in [0, 0.1) is 12.3 Å². The monoisotopic (exact) mass is 468 g/mol. The van der Waals surface area contributed by atoms with E-state index in [9.17, 15) is 4.79 Å². The maximum atomic E-state index is 13.8. The first-order chi connectivity index (χ1) is 16.9. The van der Waals surface area contributed by atoms with Crippen molar-refractivity contribution in [3.8, 4) is 12.3 Å². The Morgan fingerprint density at radius 2 is 1.86 bits per heavy atom. The zero-order valence-corrected chi connectivity index (χ0v) is 20.5. The van der Waals surface area contributed by atoms with Crippen LogP contribution in [-0.2, 0) is 10.2 Å². The number of ether oxygens (including phenoxy) is 1. The van der Waals surface area contributed by atoms with Crippen LogP contribution >= 0.6 is 0 Å². The minimum Gasteiger partial charge on any atom is -0.399 e. The van der Waals surface area contributed by atoms with Gasteiger partial charge in [0.2, 0.25) is 0 Å². The number of rotatable bonds is 2. The Morgan fingerprint density at radius 1 is 1.11 bits per heavy atom. The fraction of sp³-hybridized carbons (Fsp3) is 0.414. The Balaban J connectivity index is 1.37. The van der Waals surface area contributed by atoms with Crippen molar-refractivity contribution in [3.63, 3.8) is 0 Å². The minimum atomic E-state index is -0.375. The molecule has 1 aliphatic carbocycles. The van der Waals surface area contributed by atoms with Crippen LogP contribution in [0.25, 0.3) is 10.9 Å². The van der Waals surface area contributed by atoms with Gasteiger partial charge in [-0.3, -0.25) is 9.69 Å². The molecule has 3 heterocycles. The lowest BCUT2D eigenvalue weighted by molar-refractivity contribution is 0.0115. The molecule has 0 saturated carbocycles. The van der Waals surface area contributed by atoms with Gasteiger partial charge in [-0.1, -0.05) is 25.8 Å². The molecule has 6 heteroatoms. The molecule has 2 saturated heterocycles. The molecule has 3 aromatic rings. The average molecular weight is 469 g/mol. The summed E-state index contributed by atoms with van der Waals surface area (Å²) in [5.41, 5.74) is 12.5. The number of aromatic nitrogens is 1. The van der Waals surface area contributed by atoms with Gasteiger partial charge in [-0.05, 0) is 42.7 Å². The molecule has 0 unspecified atom stereocenters. The number of anilines is 2. The summed E-state index contributed by atoms with van der Waals surface area (Å²) < 4.78 is 5.53. The molecule has 2 fully saturated rings. The molecule has 0 atom stereocenters. The number of ketones is 1. The first-order valence-electron chi connectivity index (χ1n) is 12.6. The lowest BCUT2D eigenvalue weighted by Gasteiger charge is -2.41. The molecule has 0 amide bonds. The van der Waals surface area contributed by atoms with Gasteiger partial charge in [0.15, 0.2) is 5.78 Å². The van der Waals surface area contributed by atoms with E-state index in [1.165, 1.54) is 0 Å². The normalized spacial score (nSPS) is 20.5. The lowest BCUT2D eigenvalue weighted by Crippen LogP contribution is -2.49. The summed E-state index contributed by atoms with van der Waals surface area (Å²) in [6.07, 6.45) is 8.22. The van der Waals surface area contributed by atoms with E-state index in [0.29, 0.717) is 17.3 Å². The van der Waals surface area contributed by atoms with Crippen molar-refractivity contribution in [2.45, 2.75) is 38.1 Å². The molecule has 35 heavy (non-hydrogen) atoms. The highest BCUT2D eigenvalue weighted by Gasteiger charge is 2.40. The summed E-state index contributed by atoms with van der Waals surface area (Å²) in [7, 11) is 0. The number of benzene rings is 2. The third-order valence-corrected chi connectivity index (χ3v) is 8.25. The predicted octanol–water partition coefficient (Wildman–Crippen LogP) is 3.90. The summed E-state index contributed by atoms with van der Waals surface area (Å²) in [5, 5.41) is 0.912. The van der Waals surface area contributed by atoms with Crippen LogP contribution in [0.2, 0.25) is 0 Å². The second kappa shape index (κ2) is 8.15. The number of hydrogen-bond acceptors (Lipinski definition) is 5. The minimum absolute atomic E-state index is 0.0272. The van der Waals surface area contributed by atoms with Crippen LogP contribution < -0.4 is 10.6 Å². The number of nitrogens with one attached hydrogen (secondary N) is 1. The topological polar surface area (TPSA) is 74.6 Å². The van der Waals surface area contributed by atoms with Crippen molar-refractivity contribution in [3.05, 3.63) is 58.3 Å². The van der Waals surface area contributed by atoms with Gasteiger partial charge in [0.1, 0.15) is 0 Å². The van der Waals surface area contributed by atoms with Gasteiger partial charge in [0.25, 0.3) is 0 Å². The van der Waals surface area contributed by atoms with Crippen molar-refractivity contribution in [1.82, 2.24) is 9.88 Å². The van der Waals surface area contributed by atoms with Crippen LogP contribution in [0.5, 0.6) is 0 Å². The SMILES string of the molecule is C#Cc1cc2c(cc1N1CCC(N3CCOCC3)CC1)C(C)(C)c1[nH]c3cc(N)ccc3c1C2=O. The van der Waals surface area contributed by atoms with Gasteiger partial charge in [0, 0.05) is 71.0 Å². The zero-order valence-electron chi connectivity index (χ0n) is 20.5. The predicted molar refractivity (Wildman–Crippen MR) is 140 cm³/mol. The van der Waals surface area contributed by atoms with Gasteiger partial charge in [-0.25, -0.2) is 0 Å². The van der Waals surface area contributed by atoms with E-state index in [2.05, 4.69) is 40.6 Å². The van der Waals surface area contributed by atoms with E-state index in [1.54, 1.807) is 0 Å². The zero-order chi connectivity index (χ0) is 24.3. The van der Waals surface area contributed by atoms with E-state index in [0.717, 1.165) is 91.2 Å². The fourth-order valence-electron chi connectivity index (χ4n) is 6.27. The molecule has 3 N–H and O–H groups in total. The van der Waals surface area contributed by atoms with Gasteiger partial charge >= 0.3 is 0 Å². The van der Waals surface area contributed by atoms with Crippen LogP contribution in [0.1, 0.15) is 59.4 Å².